The van der Waals surface area contributed by atoms with E-state index in [0.29, 0.717) is 11.7 Å². The van der Waals surface area contributed by atoms with Crippen LogP contribution >= 0.6 is 12.2 Å². The Bertz CT molecular complexity index is 204. The van der Waals surface area contributed by atoms with Gasteiger partial charge < -0.3 is 10.1 Å². The van der Waals surface area contributed by atoms with Gasteiger partial charge in [-0.1, -0.05) is 0 Å². The maximum Gasteiger partial charge on any atom is 0.413 e. The SMILES string of the molecule is CCOC(=O)NC(=S)NCC1CC1. The van der Waals surface area contributed by atoms with Crippen molar-refractivity contribution in [2.24, 2.45) is 5.92 Å². The molecule has 5 heteroatoms. The summed E-state index contributed by atoms with van der Waals surface area (Å²) < 4.78 is 4.66. The van der Waals surface area contributed by atoms with Crippen molar-refractivity contribution >= 4 is 23.4 Å². The number of rotatable bonds is 3. The fraction of sp³-hybridized carbons (Fsp3) is 0.750. The Morgan fingerprint density at radius 1 is 1.62 bits per heavy atom. The molecule has 2 N–H and O–H groups in total. The molecule has 0 atom stereocenters. The Morgan fingerprint density at radius 3 is 2.85 bits per heavy atom. The molecule has 1 fully saturated rings. The minimum absolute atomic E-state index is 0.352. The summed E-state index contributed by atoms with van der Waals surface area (Å²) in [5.74, 6) is 0.738. The molecule has 1 aliphatic rings. The van der Waals surface area contributed by atoms with E-state index in [4.69, 9.17) is 12.2 Å². The Morgan fingerprint density at radius 2 is 2.31 bits per heavy atom. The fourth-order valence-corrected chi connectivity index (χ4v) is 1.03. The lowest BCUT2D eigenvalue weighted by molar-refractivity contribution is 0.157. The van der Waals surface area contributed by atoms with E-state index in [9.17, 15) is 4.79 Å². The molecule has 0 aromatic rings. The summed E-state index contributed by atoms with van der Waals surface area (Å²) >= 11 is 4.87. The van der Waals surface area contributed by atoms with E-state index in [1.165, 1.54) is 12.8 Å². The molecular formula is C8H14N2O2S. The summed E-state index contributed by atoms with van der Waals surface area (Å²) in [7, 11) is 0. The van der Waals surface area contributed by atoms with Crippen molar-refractivity contribution in [1.29, 1.82) is 0 Å². The van der Waals surface area contributed by atoms with Crippen molar-refractivity contribution in [2.45, 2.75) is 19.8 Å². The predicted molar refractivity (Wildman–Crippen MR) is 53.5 cm³/mol. The second-order valence-corrected chi connectivity index (χ2v) is 3.41. The number of hydrogen-bond donors (Lipinski definition) is 2. The van der Waals surface area contributed by atoms with E-state index < -0.39 is 6.09 Å². The van der Waals surface area contributed by atoms with Crippen LogP contribution in [0.4, 0.5) is 4.79 Å². The van der Waals surface area contributed by atoms with Crippen molar-refractivity contribution in [3.63, 3.8) is 0 Å². The molecule has 0 saturated heterocycles. The molecule has 1 amide bonds. The predicted octanol–water partition coefficient (Wildman–Crippen LogP) is 1.02. The summed E-state index contributed by atoms with van der Waals surface area (Å²) in [5, 5.41) is 5.73. The Balaban J connectivity index is 2.04. The zero-order valence-corrected chi connectivity index (χ0v) is 8.45. The highest BCUT2D eigenvalue weighted by Crippen LogP contribution is 2.27. The molecule has 0 aromatic heterocycles. The topological polar surface area (TPSA) is 50.4 Å². The Kier molecular flexibility index (Phi) is 3.95. The lowest BCUT2D eigenvalue weighted by Gasteiger charge is -2.07. The van der Waals surface area contributed by atoms with Crippen LogP contribution in [0.15, 0.2) is 0 Å². The molecule has 0 heterocycles. The standard InChI is InChI=1S/C8H14N2O2S/c1-2-12-8(11)10-7(13)9-5-6-3-4-6/h6H,2-5H2,1H3,(H2,9,10,11,13). The summed E-state index contributed by atoms with van der Waals surface area (Å²) in [6, 6.07) is 0. The zero-order chi connectivity index (χ0) is 9.68. The molecule has 0 aromatic carbocycles. The molecule has 1 saturated carbocycles. The highest BCUT2D eigenvalue weighted by molar-refractivity contribution is 7.80. The minimum Gasteiger partial charge on any atom is -0.450 e. The van der Waals surface area contributed by atoms with Gasteiger partial charge >= 0.3 is 6.09 Å². The molecule has 74 valence electrons. The molecule has 13 heavy (non-hydrogen) atoms. The van der Waals surface area contributed by atoms with Gasteiger partial charge in [0.1, 0.15) is 0 Å². The molecule has 1 rings (SSSR count). The van der Waals surface area contributed by atoms with Crippen LogP contribution in [0.2, 0.25) is 0 Å². The van der Waals surface area contributed by atoms with Crippen molar-refractivity contribution in [3.05, 3.63) is 0 Å². The fourth-order valence-electron chi connectivity index (χ4n) is 0.863. The van der Waals surface area contributed by atoms with Crippen molar-refractivity contribution in [1.82, 2.24) is 10.6 Å². The van der Waals surface area contributed by atoms with Crippen molar-refractivity contribution < 1.29 is 9.53 Å². The van der Waals surface area contributed by atoms with E-state index in [1.807, 2.05) is 0 Å². The van der Waals surface area contributed by atoms with E-state index in [1.54, 1.807) is 6.92 Å². The van der Waals surface area contributed by atoms with Gasteiger partial charge in [-0.3, -0.25) is 5.32 Å². The van der Waals surface area contributed by atoms with Crippen LogP contribution in [0.5, 0.6) is 0 Å². The number of ether oxygens (including phenoxy) is 1. The lowest BCUT2D eigenvalue weighted by atomic mass is 10.4. The molecule has 0 spiro atoms. The van der Waals surface area contributed by atoms with Crippen LogP contribution < -0.4 is 10.6 Å². The molecular weight excluding hydrogens is 188 g/mol. The van der Waals surface area contributed by atoms with Gasteiger partial charge in [-0.25, -0.2) is 4.79 Å². The van der Waals surface area contributed by atoms with Gasteiger partial charge in [-0.05, 0) is 37.9 Å². The second-order valence-electron chi connectivity index (χ2n) is 3.00. The molecule has 0 bridgehead atoms. The van der Waals surface area contributed by atoms with Crippen LogP contribution in [-0.4, -0.2) is 24.4 Å². The number of nitrogens with one attached hydrogen (secondary N) is 2. The third kappa shape index (κ3) is 4.67. The van der Waals surface area contributed by atoms with Gasteiger partial charge in [-0.2, -0.15) is 0 Å². The van der Waals surface area contributed by atoms with Crippen molar-refractivity contribution in [2.75, 3.05) is 13.2 Å². The normalized spacial score (nSPS) is 14.8. The number of hydrogen-bond acceptors (Lipinski definition) is 3. The summed E-state index contributed by atoms with van der Waals surface area (Å²) in [6.07, 6.45) is 2.03. The second kappa shape index (κ2) is 5.01. The summed E-state index contributed by atoms with van der Waals surface area (Å²) in [4.78, 5) is 10.9. The van der Waals surface area contributed by atoms with Gasteiger partial charge in [0.15, 0.2) is 5.11 Å². The van der Waals surface area contributed by atoms with Crippen LogP contribution in [0.25, 0.3) is 0 Å². The van der Waals surface area contributed by atoms with Gasteiger partial charge in [0.25, 0.3) is 0 Å². The van der Waals surface area contributed by atoms with E-state index in [0.717, 1.165) is 12.5 Å². The summed E-state index contributed by atoms with van der Waals surface area (Å²) in [5.41, 5.74) is 0. The molecule has 1 aliphatic carbocycles. The smallest absolute Gasteiger partial charge is 0.413 e. The quantitative estimate of drug-likeness (QED) is 0.671. The van der Waals surface area contributed by atoms with E-state index in [-0.39, 0.29) is 0 Å². The molecule has 4 nitrogen and oxygen atoms in total. The van der Waals surface area contributed by atoms with Crippen LogP contribution in [0, 0.1) is 5.92 Å². The van der Waals surface area contributed by atoms with Crippen LogP contribution in [-0.2, 0) is 4.74 Å². The Labute approximate surface area is 83.0 Å². The molecule has 0 unspecified atom stereocenters. The van der Waals surface area contributed by atoms with Gasteiger partial charge in [0.2, 0.25) is 0 Å². The third-order valence-electron chi connectivity index (χ3n) is 1.74. The number of amides is 1. The van der Waals surface area contributed by atoms with Gasteiger partial charge in [0, 0.05) is 6.54 Å². The number of carbonyl (C=O) groups is 1. The van der Waals surface area contributed by atoms with Crippen LogP contribution in [0.1, 0.15) is 19.8 Å². The highest BCUT2D eigenvalue weighted by atomic mass is 32.1. The van der Waals surface area contributed by atoms with Crippen LogP contribution in [0.3, 0.4) is 0 Å². The maximum atomic E-state index is 10.9. The van der Waals surface area contributed by atoms with Gasteiger partial charge in [0.05, 0.1) is 6.61 Å². The average molecular weight is 202 g/mol. The average Bonchev–Trinajstić information content (AvgIpc) is 2.84. The number of carbonyl (C=O) groups excluding carboxylic acids is 1. The minimum atomic E-state index is -0.490. The highest BCUT2D eigenvalue weighted by Gasteiger charge is 2.21. The monoisotopic (exact) mass is 202 g/mol. The Hall–Kier alpha value is -0.840. The van der Waals surface area contributed by atoms with Crippen molar-refractivity contribution in [3.8, 4) is 0 Å². The lowest BCUT2D eigenvalue weighted by Crippen LogP contribution is -2.40. The van der Waals surface area contributed by atoms with Gasteiger partial charge in [-0.15, -0.1) is 0 Å². The summed E-state index contributed by atoms with van der Waals surface area (Å²) in [6.45, 7) is 2.96. The first-order chi connectivity index (χ1) is 6.22. The zero-order valence-electron chi connectivity index (χ0n) is 7.63. The van der Waals surface area contributed by atoms with E-state index >= 15 is 0 Å². The third-order valence-corrected chi connectivity index (χ3v) is 1.99. The first kappa shape index (κ1) is 10.2. The molecule has 0 radical (unpaired) electrons. The first-order valence-corrected chi connectivity index (χ1v) is 4.84. The molecule has 0 aliphatic heterocycles. The maximum absolute atomic E-state index is 10.9. The van der Waals surface area contributed by atoms with E-state index in [2.05, 4.69) is 15.4 Å². The largest absolute Gasteiger partial charge is 0.450 e. The number of alkyl carbamates (subject to hydrolysis) is 1. The first-order valence-electron chi connectivity index (χ1n) is 4.44. The number of thiocarbonyl (C=S) groups is 1.